The molecule has 1 aromatic carbocycles. The number of nitrogens with one attached hydrogen (secondary N) is 1. The fraction of sp³-hybridized carbons (Fsp3) is 0.235. The Kier molecular flexibility index (Phi) is 6.16. The Morgan fingerprint density at radius 2 is 1.82 bits per heavy atom. The van der Waals surface area contributed by atoms with E-state index in [2.05, 4.69) is 5.32 Å². The predicted octanol–water partition coefficient (Wildman–Crippen LogP) is 2.29. The summed E-state index contributed by atoms with van der Waals surface area (Å²) < 4.78 is 64.4. The van der Waals surface area contributed by atoms with Crippen LogP contribution in [0.2, 0.25) is 0 Å². The van der Waals surface area contributed by atoms with Crippen molar-refractivity contribution in [2.45, 2.75) is 18.6 Å². The van der Waals surface area contributed by atoms with Crippen LogP contribution in [0.3, 0.4) is 0 Å². The van der Waals surface area contributed by atoms with Crippen molar-refractivity contribution >= 4 is 11.9 Å². The van der Waals surface area contributed by atoms with Crippen LogP contribution in [-0.4, -0.2) is 34.3 Å². The highest BCUT2D eigenvalue weighted by atomic mass is 19.4. The molecule has 28 heavy (non-hydrogen) atoms. The normalized spacial score (nSPS) is 12.5. The Morgan fingerprint density at radius 1 is 1.14 bits per heavy atom. The molecular formula is C17H13F5N2O4. The van der Waals surface area contributed by atoms with Gasteiger partial charge in [0.15, 0.2) is 0 Å². The first kappa shape index (κ1) is 21.1. The highest BCUT2D eigenvalue weighted by Gasteiger charge is 2.28. The number of pyridine rings is 1. The van der Waals surface area contributed by atoms with Crippen molar-refractivity contribution in [1.82, 2.24) is 9.88 Å². The van der Waals surface area contributed by atoms with E-state index in [-0.39, 0.29) is 5.56 Å². The van der Waals surface area contributed by atoms with Gasteiger partial charge in [0.05, 0.1) is 0 Å². The van der Waals surface area contributed by atoms with Gasteiger partial charge < -0.3 is 15.0 Å². The summed E-state index contributed by atoms with van der Waals surface area (Å²) in [6.07, 6.45) is -3.86. The lowest BCUT2D eigenvalue weighted by Gasteiger charge is -2.15. The van der Waals surface area contributed by atoms with Crippen molar-refractivity contribution in [2.24, 2.45) is 0 Å². The fourth-order valence-electron chi connectivity index (χ4n) is 2.38. The van der Waals surface area contributed by atoms with Gasteiger partial charge in [-0.2, -0.15) is 13.2 Å². The van der Waals surface area contributed by atoms with Gasteiger partial charge in [0.2, 0.25) is 0 Å². The Bertz CT molecular complexity index is 955. The van der Waals surface area contributed by atoms with E-state index in [1.165, 1.54) is 0 Å². The topological polar surface area (TPSA) is 88.4 Å². The van der Waals surface area contributed by atoms with Crippen LogP contribution in [-0.2, 0) is 11.3 Å². The molecule has 1 unspecified atom stereocenters. The van der Waals surface area contributed by atoms with E-state index in [0.717, 1.165) is 24.4 Å². The van der Waals surface area contributed by atoms with E-state index in [0.29, 0.717) is 16.7 Å². The number of amides is 1. The van der Waals surface area contributed by atoms with E-state index < -0.39 is 59.8 Å². The number of carboxylic acid groups (broad SMARTS) is 1. The third-order valence-electron chi connectivity index (χ3n) is 3.71. The van der Waals surface area contributed by atoms with Crippen molar-refractivity contribution in [2.75, 3.05) is 6.54 Å². The van der Waals surface area contributed by atoms with Crippen molar-refractivity contribution in [1.29, 1.82) is 0 Å². The maximum absolute atomic E-state index is 13.8. The summed E-state index contributed by atoms with van der Waals surface area (Å²) in [7, 11) is 0. The summed E-state index contributed by atoms with van der Waals surface area (Å²) in [5, 5.41) is 11.4. The summed E-state index contributed by atoms with van der Waals surface area (Å²) in [6, 6.07) is 3.81. The van der Waals surface area contributed by atoms with Crippen LogP contribution in [0.4, 0.5) is 22.0 Å². The van der Waals surface area contributed by atoms with Gasteiger partial charge in [0.1, 0.15) is 24.1 Å². The number of carbonyl (C=O) groups excluding carboxylic acids is 1. The maximum atomic E-state index is 13.8. The highest BCUT2D eigenvalue weighted by Crippen LogP contribution is 2.21. The summed E-state index contributed by atoms with van der Waals surface area (Å²) in [6.45, 7) is -2.17. The van der Waals surface area contributed by atoms with Crippen molar-refractivity contribution in [3.05, 3.63) is 69.6 Å². The van der Waals surface area contributed by atoms with Gasteiger partial charge in [-0.25, -0.2) is 8.78 Å². The second kappa shape index (κ2) is 8.19. The molecule has 0 fully saturated rings. The van der Waals surface area contributed by atoms with Crippen LogP contribution in [0.1, 0.15) is 21.8 Å². The standard InChI is InChI=1S/C17H13F5N2O4/c18-10-1-2-13(19)11(6-10)12(16(27)28)7-23-15(26)9-3-4-24(14(25)5-9)8-17(20,21)22/h1-6,12H,7-8H2,(H,23,26)(H,27,28). The number of rotatable bonds is 6. The maximum Gasteiger partial charge on any atom is 0.406 e. The molecule has 1 amide bonds. The molecule has 0 radical (unpaired) electrons. The van der Waals surface area contributed by atoms with E-state index in [1.54, 1.807) is 0 Å². The van der Waals surface area contributed by atoms with Crippen molar-refractivity contribution in [3.63, 3.8) is 0 Å². The molecule has 1 aromatic heterocycles. The van der Waals surface area contributed by atoms with Gasteiger partial charge in [-0.1, -0.05) is 0 Å². The van der Waals surface area contributed by atoms with Crippen LogP contribution in [0.15, 0.2) is 41.3 Å². The minimum atomic E-state index is -4.63. The summed E-state index contributed by atoms with van der Waals surface area (Å²) >= 11 is 0. The fourth-order valence-corrected chi connectivity index (χ4v) is 2.38. The number of carboxylic acids is 1. The summed E-state index contributed by atoms with van der Waals surface area (Å²) in [5.41, 5.74) is -1.89. The van der Waals surface area contributed by atoms with Gasteiger partial charge in [0.25, 0.3) is 11.5 Å². The molecule has 0 aliphatic heterocycles. The zero-order chi connectivity index (χ0) is 21.1. The van der Waals surface area contributed by atoms with Crippen LogP contribution in [0, 0.1) is 11.6 Å². The Hall–Kier alpha value is -3.24. The van der Waals surface area contributed by atoms with Gasteiger partial charge in [-0.3, -0.25) is 14.4 Å². The Balaban J connectivity index is 2.15. The molecule has 11 heteroatoms. The lowest BCUT2D eigenvalue weighted by Crippen LogP contribution is -2.34. The number of aromatic nitrogens is 1. The first-order chi connectivity index (χ1) is 13.0. The van der Waals surface area contributed by atoms with Crippen LogP contribution >= 0.6 is 0 Å². The van der Waals surface area contributed by atoms with Crippen LogP contribution in [0.5, 0.6) is 0 Å². The number of hydrogen-bond acceptors (Lipinski definition) is 3. The molecule has 0 spiro atoms. The van der Waals surface area contributed by atoms with Gasteiger partial charge in [0, 0.05) is 29.9 Å². The van der Waals surface area contributed by atoms with Gasteiger partial charge in [-0.05, 0) is 24.3 Å². The minimum Gasteiger partial charge on any atom is -0.481 e. The Labute approximate surface area is 154 Å². The summed E-state index contributed by atoms with van der Waals surface area (Å²) in [5.74, 6) is -5.98. The van der Waals surface area contributed by atoms with Crippen molar-refractivity contribution < 1.29 is 36.6 Å². The first-order valence-electron chi connectivity index (χ1n) is 7.71. The zero-order valence-corrected chi connectivity index (χ0v) is 14.0. The smallest absolute Gasteiger partial charge is 0.406 e. The lowest BCUT2D eigenvalue weighted by atomic mass is 9.98. The average Bonchev–Trinajstić information content (AvgIpc) is 2.58. The Morgan fingerprint density at radius 3 is 2.39 bits per heavy atom. The van der Waals surface area contributed by atoms with Gasteiger partial charge >= 0.3 is 12.1 Å². The first-order valence-corrected chi connectivity index (χ1v) is 7.71. The van der Waals surface area contributed by atoms with Crippen LogP contribution < -0.4 is 10.9 Å². The molecule has 6 nitrogen and oxygen atoms in total. The molecule has 0 aliphatic carbocycles. The molecule has 2 N–H and O–H groups in total. The number of halogens is 5. The molecule has 0 saturated carbocycles. The second-order valence-electron chi connectivity index (χ2n) is 5.76. The lowest BCUT2D eigenvalue weighted by molar-refractivity contribution is -0.141. The molecule has 150 valence electrons. The third-order valence-corrected chi connectivity index (χ3v) is 3.71. The predicted molar refractivity (Wildman–Crippen MR) is 85.8 cm³/mol. The molecule has 1 heterocycles. The molecule has 0 saturated heterocycles. The quantitative estimate of drug-likeness (QED) is 0.724. The van der Waals surface area contributed by atoms with E-state index in [9.17, 15) is 41.4 Å². The third kappa shape index (κ3) is 5.38. The molecule has 0 aliphatic rings. The SMILES string of the molecule is O=C(NCC(C(=O)O)c1cc(F)ccc1F)c1ccn(CC(F)(F)F)c(=O)c1. The molecule has 2 rings (SSSR count). The number of benzene rings is 1. The average molecular weight is 404 g/mol. The zero-order valence-electron chi connectivity index (χ0n) is 14.0. The van der Waals surface area contributed by atoms with E-state index in [4.69, 9.17) is 0 Å². The number of carbonyl (C=O) groups is 2. The van der Waals surface area contributed by atoms with Crippen LogP contribution in [0.25, 0.3) is 0 Å². The van der Waals surface area contributed by atoms with E-state index >= 15 is 0 Å². The number of aliphatic carboxylic acids is 1. The monoisotopic (exact) mass is 404 g/mol. The number of hydrogen-bond donors (Lipinski definition) is 2. The highest BCUT2D eigenvalue weighted by molar-refractivity contribution is 5.94. The van der Waals surface area contributed by atoms with Gasteiger partial charge in [-0.15, -0.1) is 0 Å². The minimum absolute atomic E-state index is 0.313. The molecule has 2 aromatic rings. The van der Waals surface area contributed by atoms with Crippen molar-refractivity contribution in [3.8, 4) is 0 Å². The second-order valence-corrected chi connectivity index (χ2v) is 5.76. The van der Waals surface area contributed by atoms with E-state index in [1.807, 2.05) is 0 Å². The molecule has 0 bridgehead atoms. The largest absolute Gasteiger partial charge is 0.481 e. The number of nitrogens with zero attached hydrogens (tertiary/aromatic N) is 1. The summed E-state index contributed by atoms with van der Waals surface area (Å²) in [4.78, 5) is 35.1. The number of alkyl halides is 3. The molecular weight excluding hydrogens is 391 g/mol. The molecule has 1 atom stereocenters.